The molecule has 0 saturated carbocycles. The minimum Gasteiger partial charge on any atom is -0.471 e. The van der Waals surface area contributed by atoms with Crippen LogP contribution in [0.3, 0.4) is 0 Å². The van der Waals surface area contributed by atoms with Crippen molar-refractivity contribution >= 4 is 56.7 Å². The Morgan fingerprint density at radius 1 is 1.25 bits per heavy atom. The summed E-state index contributed by atoms with van der Waals surface area (Å²) in [5, 5.41) is 3.12. The highest BCUT2D eigenvalue weighted by Gasteiger charge is 2.31. The molecule has 0 fully saturated rings. The minimum atomic E-state index is -3.90. The van der Waals surface area contributed by atoms with Gasteiger partial charge in [0.2, 0.25) is 5.95 Å². The van der Waals surface area contributed by atoms with Crippen LogP contribution in [0.15, 0.2) is 51.4 Å². The molecule has 0 unspecified atom stereocenters. The normalized spacial score (nSPS) is 15.4. The standard InChI is InChI=1S/C20H18ClN7O3S/c1-22-20-25-10-12-9-15(19-24-5-2-7-28(19)18(12)26-20)14-3-6-23-17(16(14)21)27-32(29,30)13-4-8-31-11-13/h3-4,6,8-11H,2,5,7H2,1H3,(H,23,27)(H,22,25,26). The molecule has 3 aromatic heterocycles. The molecule has 2 aliphatic rings. The summed E-state index contributed by atoms with van der Waals surface area (Å²) in [5.74, 6) is 2.02. The van der Waals surface area contributed by atoms with Crippen molar-refractivity contribution in [2.45, 2.75) is 11.3 Å². The van der Waals surface area contributed by atoms with Gasteiger partial charge in [0.15, 0.2) is 5.82 Å². The highest BCUT2D eigenvalue weighted by Crippen LogP contribution is 2.39. The Bertz CT molecular complexity index is 1350. The molecular formula is C20H18ClN7O3S. The van der Waals surface area contributed by atoms with Gasteiger partial charge in [-0.15, -0.1) is 0 Å². The molecule has 0 aliphatic carbocycles. The van der Waals surface area contributed by atoms with Crippen LogP contribution in [0.1, 0.15) is 17.5 Å². The summed E-state index contributed by atoms with van der Waals surface area (Å²) in [4.78, 5) is 19.8. The first-order valence-corrected chi connectivity index (χ1v) is 11.6. The second-order valence-electron chi connectivity index (χ2n) is 7.08. The van der Waals surface area contributed by atoms with E-state index in [1.165, 1.54) is 18.5 Å². The molecule has 0 radical (unpaired) electrons. The van der Waals surface area contributed by atoms with Crippen molar-refractivity contribution in [1.29, 1.82) is 0 Å². The van der Waals surface area contributed by atoms with Gasteiger partial charge >= 0.3 is 0 Å². The molecule has 164 valence electrons. The van der Waals surface area contributed by atoms with Crippen LogP contribution in [0.25, 0.3) is 11.6 Å². The Morgan fingerprint density at radius 2 is 2.12 bits per heavy atom. The van der Waals surface area contributed by atoms with Crippen LogP contribution >= 0.6 is 11.6 Å². The number of halogens is 1. The zero-order valence-electron chi connectivity index (χ0n) is 16.9. The summed E-state index contributed by atoms with van der Waals surface area (Å²) in [6.45, 7) is 1.41. The van der Waals surface area contributed by atoms with E-state index in [1.54, 1.807) is 19.3 Å². The fraction of sp³-hybridized carbons (Fsp3) is 0.200. The van der Waals surface area contributed by atoms with Crippen molar-refractivity contribution in [3.63, 3.8) is 0 Å². The Labute approximate surface area is 189 Å². The van der Waals surface area contributed by atoms with Crippen molar-refractivity contribution in [1.82, 2.24) is 15.0 Å². The lowest BCUT2D eigenvalue weighted by Gasteiger charge is -2.34. The molecule has 0 bridgehead atoms. The molecule has 0 spiro atoms. The van der Waals surface area contributed by atoms with Crippen LogP contribution in [0.2, 0.25) is 5.02 Å². The first kappa shape index (κ1) is 20.5. The number of rotatable bonds is 5. The number of fused-ring (bicyclic) bond motifs is 3. The Morgan fingerprint density at radius 3 is 2.91 bits per heavy atom. The zero-order valence-corrected chi connectivity index (χ0v) is 18.5. The molecule has 5 heterocycles. The van der Waals surface area contributed by atoms with E-state index in [-0.39, 0.29) is 15.7 Å². The Kier molecular flexibility index (Phi) is 5.06. The van der Waals surface area contributed by atoms with E-state index in [0.717, 1.165) is 42.0 Å². The number of hydrogen-bond acceptors (Lipinski definition) is 9. The minimum absolute atomic E-state index is 0.0156. The maximum atomic E-state index is 12.6. The largest absolute Gasteiger partial charge is 0.471 e. The third-order valence-corrected chi connectivity index (χ3v) is 6.79. The van der Waals surface area contributed by atoms with E-state index in [2.05, 4.69) is 25.0 Å². The zero-order chi connectivity index (χ0) is 22.3. The maximum Gasteiger partial charge on any atom is 0.266 e. The number of aromatic nitrogens is 3. The predicted molar refractivity (Wildman–Crippen MR) is 122 cm³/mol. The van der Waals surface area contributed by atoms with Crippen LogP contribution in [-0.4, -0.2) is 49.3 Å². The summed E-state index contributed by atoms with van der Waals surface area (Å²) in [5.41, 5.74) is 2.16. The van der Waals surface area contributed by atoms with E-state index in [4.69, 9.17) is 21.0 Å². The first-order chi connectivity index (χ1) is 15.5. The van der Waals surface area contributed by atoms with Crippen molar-refractivity contribution in [2.75, 3.05) is 35.1 Å². The number of nitrogens with one attached hydrogen (secondary N) is 2. The number of pyridine rings is 1. The van der Waals surface area contributed by atoms with Gasteiger partial charge in [-0.3, -0.25) is 9.71 Å². The number of hydrogen-bond donors (Lipinski definition) is 2. The fourth-order valence-corrected chi connectivity index (χ4v) is 4.86. The lowest BCUT2D eigenvalue weighted by Crippen LogP contribution is -2.39. The maximum absolute atomic E-state index is 12.6. The molecule has 12 heteroatoms. The number of nitrogens with zero attached hydrogens (tertiary/aromatic N) is 5. The quantitative estimate of drug-likeness (QED) is 0.581. The molecule has 0 aromatic carbocycles. The van der Waals surface area contributed by atoms with Crippen LogP contribution in [0.5, 0.6) is 0 Å². The van der Waals surface area contributed by atoms with Crippen molar-refractivity contribution in [3.05, 3.63) is 53.2 Å². The Hall–Kier alpha value is -3.44. The van der Waals surface area contributed by atoms with Crippen LogP contribution in [0.4, 0.5) is 17.6 Å². The van der Waals surface area contributed by atoms with Gasteiger partial charge in [0.25, 0.3) is 10.0 Å². The van der Waals surface area contributed by atoms with Gasteiger partial charge in [-0.2, -0.15) is 4.98 Å². The van der Waals surface area contributed by atoms with E-state index in [9.17, 15) is 8.42 Å². The molecule has 2 N–H and O–H groups in total. The molecule has 0 amide bonds. The van der Waals surface area contributed by atoms with E-state index in [0.29, 0.717) is 18.1 Å². The SMILES string of the molecule is CNc1ncc2c(n1)N1CCCN=C1C(c1ccnc(NS(=O)(=O)c3ccoc3)c1Cl)=C2. The van der Waals surface area contributed by atoms with E-state index < -0.39 is 10.0 Å². The summed E-state index contributed by atoms with van der Waals surface area (Å²) in [6, 6.07) is 3.07. The third-order valence-electron chi connectivity index (χ3n) is 5.09. The number of aliphatic imine (C=N–C) groups is 1. The third kappa shape index (κ3) is 3.49. The summed E-state index contributed by atoms with van der Waals surface area (Å²) < 4.78 is 32.5. The number of furan rings is 1. The second kappa shape index (κ2) is 7.92. The summed E-state index contributed by atoms with van der Waals surface area (Å²) >= 11 is 6.65. The van der Waals surface area contributed by atoms with E-state index in [1.807, 2.05) is 11.0 Å². The first-order valence-electron chi connectivity index (χ1n) is 9.76. The van der Waals surface area contributed by atoms with Gasteiger partial charge < -0.3 is 14.6 Å². The smallest absolute Gasteiger partial charge is 0.266 e. The van der Waals surface area contributed by atoms with Gasteiger partial charge in [-0.1, -0.05) is 11.6 Å². The monoisotopic (exact) mass is 471 g/mol. The molecule has 32 heavy (non-hydrogen) atoms. The van der Waals surface area contributed by atoms with Gasteiger partial charge in [0, 0.05) is 49.2 Å². The molecule has 2 aliphatic heterocycles. The van der Waals surface area contributed by atoms with Crippen LogP contribution < -0.4 is 14.9 Å². The lowest BCUT2D eigenvalue weighted by atomic mass is 9.97. The summed E-state index contributed by atoms with van der Waals surface area (Å²) in [7, 11) is -2.13. The second-order valence-corrected chi connectivity index (χ2v) is 9.14. The molecular weight excluding hydrogens is 454 g/mol. The van der Waals surface area contributed by atoms with Gasteiger partial charge in [-0.05, 0) is 24.6 Å². The van der Waals surface area contributed by atoms with Crippen LogP contribution in [0, 0.1) is 0 Å². The van der Waals surface area contributed by atoms with Crippen LogP contribution in [-0.2, 0) is 10.0 Å². The Balaban J connectivity index is 1.60. The number of sulfonamides is 1. The lowest BCUT2D eigenvalue weighted by molar-refractivity contribution is 0.557. The molecule has 5 rings (SSSR count). The fourth-order valence-electron chi connectivity index (χ4n) is 3.59. The van der Waals surface area contributed by atoms with Crippen molar-refractivity contribution < 1.29 is 12.8 Å². The molecule has 3 aromatic rings. The van der Waals surface area contributed by atoms with Crippen molar-refractivity contribution in [3.8, 4) is 0 Å². The number of anilines is 3. The molecule has 0 atom stereocenters. The van der Waals surface area contributed by atoms with Gasteiger partial charge in [-0.25, -0.2) is 18.4 Å². The van der Waals surface area contributed by atoms with Gasteiger partial charge in [0.1, 0.15) is 22.8 Å². The van der Waals surface area contributed by atoms with Gasteiger partial charge in [0.05, 0.1) is 11.3 Å². The molecule has 0 saturated heterocycles. The highest BCUT2D eigenvalue weighted by atomic mass is 35.5. The highest BCUT2D eigenvalue weighted by molar-refractivity contribution is 7.92. The van der Waals surface area contributed by atoms with E-state index >= 15 is 0 Å². The average Bonchev–Trinajstić information content (AvgIpc) is 3.36. The number of amidine groups is 1. The summed E-state index contributed by atoms with van der Waals surface area (Å²) in [6.07, 6.45) is 8.44. The predicted octanol–water partition coefficient (Wildman–Crippen LogP) is 3.12. The molecule has 10 nitrogen and oxygen atoms in total. The van der Waals surface area contributed by atoms with Crippen molar-refractivity contribution in [2.24, 2.45) is 4.99 Å². The topological polar surface area (TPSA) is 126 Å². The average molecular weight is 472 g/mol.